The van der Waals surface area contributed by atoms with E-state index in [2.05, 4.69) is 15.2 Å². The largest absolute Gasteiger partial charge is 0.419 e. The van der Waals surface area contributed by atoms with E-state index >= 15 is 8.78 Å². The van der Waals surface area contributed by atoms with Crippen LogP contribution in [0, 0.1) is 5.41 Å². The number of benzene rings is 1. The maximum absolute atomic E-state index is 15.0. The second-order valence-corrected chi connectivity index (χ2v) is 9.67. The second kappa shape index (κ2) is 7.50. The average Bonchev–Trinajstić information content (AvgIpc) is 3.47. The first-order valence-electron chi connectivity index (χ1n) is 9.65. The number of thiazole rings is 1. The molecule has 1 unspecified atom stereocenters. The van der Waals surface area contributed by atoms with Gasteiger partial charge in [0.25, 0.3) is 11.8 Å². The van der Waals surface area contributed by atoms with Crippen molar-refractivity contribution in [3.63, 3.8) is 0 Å². The van der Waals surface area contributed by atoms with Crippen LogP contribution < -0.4 is 0 Å². The lowest BCUT2D eigenvalue weighted by molar-refractivity contribution is 0.0102. The molecule has 6 nitrogen and oxygen atoms in total. The third-order valence-corrected chi connectivity index (χ3v) is 7.72. The Morgan fingerprint density at radius 2 is 2.06 bits per heavy atom. The van der Waals surface area contributed by atoms with E-state index in [1.807, 2.05) is 0 Å². The van der Waals surface area contributed by atoms with Gasteiger partial charge in [0.15, 0.2) is 0 Å². The molecule has 5 rings (SSSR count). The third-order valence-electron chi connectivity index (χ3n) is 6.22. The maximum atomic E-state index is 15.0. The van der Waals surface area contributed by atoms with E-state index in [0.717, 1.165) is 25.3 Å². The Balaban J connectivity index is 1.43. The monoisotopic (exact) mass is 484 g/mol. The van der Waals surface area contributed by atoms with Crippen LogP contribution in [0.2, 0.25) is 10.0 Å². The highest BCUT2D eigenvalue weighted by atomic mass is 35.5. The molecule has 2 aliphatic rings. The molecule has 1 aromatic carbocycles. The first-order chi connectivity index (χ1) is 14.8. The minimum Gasteiger partial charge on any atom is -0.419 e. The number of carbonyl (C=O) groups is 1. The molecule has 11 heteroatoms. The molecule has 2 aromatic heterocycles. The van der Waals surface area contributed by atoms with Crippen molar-refractivity contribution in [2.24, 2.45) is 5.41 Å². The third kappa shape index (κ3) is 3.43. The summed E-state index contributed by atoms with van der Waals surface area (Å²) >= 11 is 13.0. The van der Waals surface area contributed by atoms with E-state index in [9.17, 15) is 4.79 Å². The van der Waals surface area contributed by atoms with Gasteiger partial charge in [-0.15, -0.1) is 21.5 Å². The zero-order valence-electron chi connectivity index (χ0n) is 16.0. The number of amides is 1. The normalized spacial score (nSPS) is 20.3. The van der Waals surface area contributed by atoms with Gasteiger partial charge in [0, 0.05) is 24.1 Å². The lowest BCUT2D eigenvalue weighted by atomic mass is 9.63. The van der Waals surface area contributed by atoms with Crippen molar-refractivity contribution in [2.75, 3.05) is 13.1 Å². The van der Waals surface area contributed by atoms with Crippen LogP contribution in [0.3, 0.4) is 0 Å². The van der Waals surface area contributed by atoms with E-state index in [1.54, 1.807) is 10.4 Å². The molecule has 1 aliphatic carbocycles. The highest BCUT2D eigenvalue weighted by molar-refractivity contribution is 7.11. The number of halogens is 4. The fourth-order valence-corrected chi connectivity index (χ4v) is 5.28. The quantitative estimate of drug-likeness (QED) is 0.496. The summed E-state index contributed by atoms with van der Waals surface area (Å²) in [4.78, 5) is 19.1. The molecule has 1 aliphatic heterocycles. The van der Waals surface area contributed by atoms with Gasteiger partial charge in [0.2, 0.25) is 5.89 Å². The van der Waals surface area contributed by atoms with E-state index < -0.39 is 11.8 Å². The smallest absolute Gasteiger partial charge is 0.349 e. The molecule has 0 N–H and O–H groups in total. The summed E-state index contributed by atoms with van der Waals surface area (Å²) in [6.07, 6.45) is 4.31. The van der Waals surface area contributed by atoms with Gasteiger partial charge in [-0.05, 0) is 25.0 Å². The number of aromatic nitrogens is 3. The van der Waals surface area contributed by atoms with Crippen molar-refractivity contribution < 1.29 is 18.0 Å². The van der Waals surface area contributed by atoms with Crippen LogP contribution in [0.1, 0.15) is 52.2 Å². The predicted octanol–water partition coefficient (Wildman–Crippen LogP) is 5.38. The van der Waals surface area contributed by atoms with E-state index in [-0.39, 0.29) is 38.7 Å². The summed E-state index contributed by atoms with van der Waals surface area (Å²) in [5, 5.41) is 7.80. The Morgan fingerprint density at radius 3 is 2.71 bits per heavy atom. The fourth-order valence-electron chi connectivity index (χ4n) is 4.40. The molecule has 2 fully saturated rings. The summed E-state index contributed by atoms with van der Waals surface area (Å²) in [6, 6.07) is 3.57. The topological polar surface area (TPSA) is 72.1 Å². The van der Waals surface area contributed by atoms with Gasteiger partial charge in [0.05, 0.1) is 27.7 Å². The highest BCUT2D eigenvalue weighted by Crippen LogP contribution is 2.56. The van der Waals surface area contributed by atoms with Gasteiger partial charge in [-0.3, -0.25) is 9.78 Å². The lowest BCUT2D eigenvalue weighted by Crippen LogP contribution is -2.37. The molecule has 162 valence electrons. The molecular formula is C20H16Cl2F2N4O2S. The van der Waals surface area contributed by atoms with Crippen molar-refractivity contribution >= 4 is 40.4 Å². The first kappa shape index (κ1) is 20.8. The van der Waals surface area contributed by atoms with E-state index in [4.69, 9.17) is 27.6 Å². The van der Waals surface area contributed by atoms with Crippen molar-refractivity contribution in [1.29, 1.82) is 0 Å². The van der Waals surface area contributed by atoms with Crippen molar-refractivity contribution in [2.45, 2.75) is 31.1 Å². The molecule has 0 radical (unpaired) electrons. The van der Waals surface area contributed by atoms with Gasteiger partial charge in [-0.25, -0.2) is 0 Å². The Bertz CT molecular complexity index is 1130. The van der Waals surface area contributed by atoms with Gasteiger partial charge in [-0.1, -0.05) is 35.7 Å². The van der Waals surface area contributed by atoms with Crippen molar-refractivity contribution in [3.8, 4) is 0 Å². The van der Waals surface area contributed by atoms with Crippen LogP contribution in [0.4, 0.5) is 8.78 Å². The zero-order valence-corrected chi connectivity index (χ0v) is 18.4. The molecule has 1 spiro atoms. The minimum atomic E-state index is -3.52. The SMILES string of the molecule is O=C(c1cncs1)N1CC(c2nnc(C(F)(F)c3ccc(Cl)c(Cl)c3)o2)C2(CCC2)C1. The summed E-state index contributed by atoms with van der Waals surface area (Å²) in [5.41, 5.74) is 1.00. The molecule has 3 aromatic rings. The van der Waals surface area contributed by atoms with Crippen LogP contribution in [0.5, 0.6) is 0 Å². The maximum Gasteiger partial charge on any atom is 0.349 e. The second-order valence-electron chi connectivity index (χ2n) is 7.97. The number of alkyl halides is 2. The fraction of sp³-hybridized carbons (Fsp3) is 0.400. The summed E-state index contributed by atoms with van der Waals surface area (Å²) in [6.45, 7) is 0.881. The predicted molar refractivity (Wildman–Crippen MR) is 111 cm³/mol. The van der Waals surface area contributed by atoms with Gasteiger partial charge in [0.1, 0.15) is 4.88 Å². The van der Waals surface area contributed by atoms with Crippen molar-refractivity contribution in [3.05, 3.63) is 62.2 Å². The molecule has 1 saturated heterocycles. The van der Waals surface area contributed by atoms with Crippen molar-refractivity contribution in [1.82, 2.24) is 20.1 Å². The average molecular weight is 485 g/mol. The Hall–Kier alpha value is -2.10. The number of likely N-dealkylation sites (tertiary alicyclic amines) is 1. The molecule has 31 heavy (non-hydrogen) atoms. The Morgan fingerprint density at radius 1 is 1.26 bits per heavy atom. The molecule has 0 bridgehead atoms. The van der Waals surface area contributed by atoms with Crippen LogP contribution in [-0.2, 0) is 5.92 Å². The van der Waals surface area contributed by atoms with Gasteiger partial charge >= 0.3 is 5.92 Å². The Labute approximate surface area is 190 Å². The summed E-state index contributed by atoms with van der Waals surface area (Å²) in [5.74, 6) is -4.60. The zero-order chi connectivity index (χ0) is 21.8. The van der Waals surface area contributed by atoms with Crippen LogP contribution in [0.25, 0.3) is 0 Å². The highest BCUT2D eigenvalue weighted by Gasteiger charge is 2.55. The minimum absolute atomic E-state index is 0.0139. The molecule has 1 saturated carbocycles. The number of carbonyl (C=O) groups excluding carboxylic acids is 1. The van der Waals surface area contributed by atoms with E-state index in [0.29, 0.717) is 18.0 Å². The number of hydrogen-bond donors (Lipinski definition) is 0. The Kier molecular flexibility index (Phi) is 5.02. The van der Waals surface area contributed by atoms with Crippen LogP contribution in [-0.4, -0.2) is 39.1 Å². The van der Waals surface area contributed by atoms with Gasteiger partial charge in [-0.2, -0.15) is 8.78 Å². The summed E-state index contributed by atoms with van der Waals surface area (Å²) < 4.78 is 35.5. The van der Waals surface area contributed by atoms with E-state index in [1.165, 1.54) is 29.7 Å². The molecule has 1 amide bonds. The lowest BCUT2D eigenvalue weighted by Gasteiger charge is -2.41. The number of rotatable bonds is 4. The summed E-state index contributed by atoms with van der Waals surface area (Å²) in [7, 11) is 0. The standard InChI is InChI=1S/C20H16Cl2F2N4O2S/c21-13-3-2-11(6-14(13)22)20(23,24)18-27-26-16(30-18)12-8-28(9-19(12)4-1-5-19)17(29)15-7-25-10-31-15/h2-3,6-7,10,12H,1,4-5,8-9H2. The molecule has 3 heterocycles. The number of nitrogens with zero attached hydrogens (tertiary/aromatic N) is 4. The first-order valence-corrected chi connectivity index (χ1v) is 11.3. The van der Waals surface area contributed by atoms with Crippen LogP contribution >= 0.6 is 34.5 Å². The number of hydrogen-bond acceptors (Lipinski definition) is 6. The van der Waals surface area contributed by atoms with Gasteiger partial charge < -0.3 is 9.32 Å². The molecule has 1 atom stereocenters. The molecular weight excluding hydrogens is 469 g/mol. The van der Waals surface area contributed by atoms with Crippen LogP contribution in [0.15, 0.2) is 34.3 Å².